The van der Waals surface area contributed by atoms with Crippen molar-refractivity contribution in [3.05, 3.63) is 35.4 Å². The van der Waals surface area contributed by atoms with E-state index in [0.29, 0.717) is 6.42 Å². The summed E-state index contributed by atoms with van der Waals surface area (Å²) in [6.07, 6.45) is 2.47. The number of hydrogen-bond donors (Lipinski definition) is 2. The summed E-state index contributed by atoms with van der Waals surface area (Å²) in [5.41, 5.74) is 2.72. The van der Waals surface area contributed by atoms with Gasteiger partial charge in [-0.1, -0.05) is 31.2 Å². The first-order chi connectivity index (χ1) is 10.2. The van der Waals surface area contributed by atoms with Crippen LogP contribution in [0.4, 0.5) is 0 Å². The van der Waals surface area contributed by atoms with E-state index in [-0.39, 0.29) is 24.6 Å². The fraction of sp³-hybridized carbons (Fsp3) is 0.588. The van der Waals surface area contributed by atoms with Gasteiger partial charge in [0.05, 0.1) is 6.04 Å². The Labute approximate surface area is 127 Å². The highest BCUT2D eigenvalue weighted by atomic mass is 16.3. The minimum Gasteiger partial charge on any atom is -0.396 e. The van der Waals surface area contributed by atoms with Gasteiger partial charge in [0.2, 0.25) is 5.91 Å². The molecule has 1 amide bonds. The quantitative estimate of drug-likeness (QED) is 0.838. The minimum atomic E-state index is -0.133. The molecule has 2 atom stereocenters. The van der Waals surface area contributed by atoms with Crippen LogP contribution in [0.3, 0.4) is 0 Å². The fourth-order valence-electron chi connectivity index (χ4n) is 2.87. The molecule has 1 aromatic carbocycles. The van der Waals surface area contributed by atoms with Crippen molar-refractivity contribution in [3.8, 4) is 0 Å². The van der Waals surface area contributed by atoms with Gasteiger partial charge in [-0.3, -0.25) is 9.69 Å². The van der Waals surface area contributed by atoms with Crippen LogP contribution in [-0.4, -0.2) is 41.1 Å². The maximum Gasteiger partial charge on any atom is 0.237 e. The number of benzene rings is 1. The molecule has 0 saturated heterocycles. The Morgan fingerprint density at radius 1 is 1.38 bits per heavy atom. The van der Waals surface area contributed by atoms with Crippen LogP contribution in [0.2, 0.25) is 0 Å². The molecule has 0 radical (unpaired) electrons. The molecule has 4 nitrogen and oxygen atoms in total. The van der Waals surface area contributed by atoms with Crippen molar-refractivity contribution in [1.82, 2.24) is 10.2 Å². The van der Waals surface area contributed by atoms with Gasteiger partial charge in [-0.15, -0.1) is 0 Å². The number of aliphatic hydroxyl groups is 1. The first-order valence-corrected chi connectivity index (χ1v) is 7.87. The zero-order valence-corrected chi connectivity index (χ0v) is 13.0. The summed E-state index contributed by atoms with van der Waals surface area (Å²) < 4.78 is 0. The van der Waals surface area contributed by atoms with Crippen molar-refractivity contribution in [2.75, 3.05) is 13.2 Å². The number of amides is 1. The Hall–Kier alpha value is -1.39. The van der Waals surface area contributed by atoms with Crippen LogP contribution in [0.15, 0.2) is 24.3 Å². The molecule has 2 N–H and O–H groups in total. The van der Waals surface area contributed by atoms with Crippen molar-refractivity contribution in [1.29, 1.82) is 0 Å². The third-order valence-electron chi connectivity index (χ3n) is 4.40. The van der Waals surface area contributed by atoms with Gasteiger partial charge in [-0.2, -0.15) is 0 Å². The first-order valence-electron chi connectivity index (χ1n) is 7.87. The molecule has 0 spiro atoms. The maximum absolute atomic E-state index is 12.4. The second-order valence-corrected chi connectivity index (χ2v) is 5.79. The Kier molecular flexibility index (Phi) is 5.76. The number of carbonyl (C=O) groups is 1. The van der Waals surface area contributed by atoms with Gasteiger partial charge in [0.15, 0.2) is 0 Å². The van der Waals surface area contributed by atoms with Gasteiger partial charge in [0.1, 0.15) is 0 Å². The van der Waals surface area contributed by atoms with E-state index in [0.717, 1.165) is 25.9 Å². The predicted octanol–water partition coefficient (Wildman–Crippen LogP) is 1.71. The van der Waals surface area contributed by atoms with Crippen molar-refractivity contribution in [2.45, 2.75) is 51.7 Å². The molecule has 0 fully saturated rings. The molecular weight excluding hydrogens is 264 g/mol. The van der Waals surface area contributed by atoms with E-state index >= 15 is 0 Å². The monoisotopic (exact) mass is 290 g/mol. The summed E-state index contributed by atoms with van der Waals surface area (Å²) in [4.78, 5) is 14.6. The van der Waals surface area contributed by atoms with Gasteiger partial charge in [-0.25, -0.2) is 0 Å². The van der Waals surface area contributed by atoms with E-state index in [1.54, 1.807) is 0 Å². The highest BCUT2D eigenvalue weighted by Gasteiger charge is 2.26. The molecule has 1 aromatic rings. The molecule has 1 heterocycles. The summed E-state index contributed by atoms with van der Waals surface area (Å²) in [5, 5.41) is 12.1. The molecule has 0 aromatic heterocycles. The second-order valence-electron chi connectivity index (χ2n) is 5.79. The van der Waals surface area contributed by atoms with Gasteiger partial charge in [-0.05, 0) is 37.3 Å². The molecule has 1 aliphatic rings. The Morgan fingerprint density at radius 3 is 2.76 bits per heavy atom. The highest BCUT2D eigenvalue weighted by molar-refractivity contribution is 5.81. The Morgan fingerprint density at radius 2 is 2.10 bits per heavy atom. The highest BCUT2D eigenvalue weighted by Crippen LogP contribution is 2.20. The first kappa shape index (κ1) is 16.0. The SMILES string of the molecule is CCC(CCO)NC(=O)C(C)N1CCc2ccccc2C1. The van der Waals surface area contributed by atoms with E-state index < -0.39 is 0 Å². The number of hydrogen-bond acceptors (Lipinski definition) is 3. The summed E-state index contributed by atoms with van der Waals surface area (Å²) in [6, 6.07) is 8.39. The molecule has 0 bridgehead atoms. The fourth-order valence-corrected chi connectivity index (χ4v) is 2.87. The second kappa shape index (κ2) is 7.57. The largest absolute Gasteiger partial charge is 0.396 e. The van der Waals surface area contributed by atoms with Gasteiger partial charge < -0.3 is 10.4 Å². The van der Waals surface area contributed by atoms with E-state index in [2.05, 4.69) is 34.5 Å². The molecule has 2 unspecified atom stereocenters. The van der Waals surface area contributed by atoms with Crippen LogP contribution in [0, 0.1) is 0 Å². The van der Waals surface area contributed by atoms with Crippen molar-refractivity contribution >= 4 is 5.91 Å². The average Bonchev–Trinajstić information content (AvgIpc) is 2.53. The molecular formula is C17H26N2O2. The number of carbonyl (C=O) groups excluding carboxylic acids is 1. The molecule has 0 saturated carbocycles. The van der Waals surface area contributed by atoms with Crippen LogP contribution in [0.25, 0.3) is 0 Å². The minimum absolute atomic E-state index is 0.0645. The Bertz CT molecular complexity index is 476. The van der Waals surface area contributed by atoms with Crippen LogP contribution in [0.5, 0.6) is 0 Å². The molecule has 116 valence electrons. The van der Waals surface area contributed by atoms with Gasteiger partial charge in [0, 0.05) is 25.7 Å². The summed E-state index contributed by atoms with van der Waals surface area (Å²) in [7, 11) is 0. The normalized spacial score (nSPS) is 17.9. The van der Waals surface area contributed by atoms with Crippen molar-refractivity contribution < 1.29 is 9.90 Å². The number of nitrogens with one attached hydrogen (secondary N) is 1. The van der Waals surface area contributed by atoms with E-state index in [4.69, 9.17) is 5.11 Å². The number of rotatable bonds is 6. The number of nitrogens with zero attached hydrogens (tertiary/aromatic N) is 1. The maximum atomic E-state index is 12.4. The lowest BCUT2D eigenvalue weighted by molar-refractivity contribution is -0.127. The molecule has 2 rings (SSSR count). The topological polar surface area (TPSA) is 52.6 Å². The van der Waals surface area contributed by atoms with Crippen LogP contribution < -0.4 is 5.32 Å². The molecule has 0 aliphatic carbocycles. The summed E-state index contributed by atoms with van der Waals surface area (Å²) >= 11 is 0. The zero-order valence-electron chi connectivity index (χ0n) is 13.0. The van der Waals surface area contributed by atoms with Crippen molar-refractivity contribution in [3.63, 3.8) is 0 Å². The van der Waals surface area contributed by atoms with E-state index in [1.165, 1.54) is 11.1 Å². The van der Waals surface area contributed by atoms with Crippen LogP contribution >= 0.6 is 0 Å². The predicted molar refractivity (Wildman–Crippen MR) is 83.9 cm³/mol. The van der Waals surface area contributed by atoms with E-state index in [9.17, 15) is 4.79 Å². The van der Waals surface area contributed by atoms with Gasteiger partial charge >= 0.3 is 0 Å². The summed E-state index contributed by atoms with van der Waals surface area (Å²) in [5.74, 6) is 0.0645. The lowest BCUT2D eigenvalue weighted by Gasteiger charge is -2.33. The number of fused-ring (bicyclic) bond motifs is 1. The lowest BCUT2D eigenvalue weighted by Crippen LogP contribution is -2.49. The van der Waals surface area contributed by atoms with E-state index in [1.807, 2.05) is 13.8 Å². The smallest absolute Gasteiger partial charge is 0.237 e. The lowest BCUT2D eigenvalue weighted by atomic mass is 9.98. The molecule has 21 heavy (non-hydrogen) atoms. The third kappa shape index (κ3) is 4.05. The average molecular weight is 290 g/mol. The zero-order chi connectivity index (χ0) is 15.2. The Balaban J connectivity index is 1.94. The van der Waals surface area contributed by atoms with Crippen LogP contribution in [-0.2, 0) is 17.8 Å². The van der Waals surface area contributed by atoms with Gasteiger partial charge in [0.25, 0.3) is 0 Å². The standard InChI is InChI=1S/C17H26N2O2/c1-3-16(9-11-20)18-17(21)13(2)19-10-8-14-6-4-5-7-15(14)12-19/h4-7,13,16,20H,3,8-12H2,1-2H3,(H,18,21). The molecule has 4 heteroatoms. The number of aliphatic hydroxyl groups excluding tert-OH is 1. The van der Waals surface area contributed by atoms with Crippen molar-refractivity contribution in [2.24, 2.45) is 0 Å². The van der Waals surface area contributed by atoms with Crippen LogP contribution in [0.1, 0.15) is 37.8 Å². The third-order valence-corrected chi connectivity index (χ3v) is 4.40. The summed E-state index contributed by atoms with van der Waals surface area (Å²) in [6.45, 7) is 5.87. The molecule has 1 aliphatic heterocycles.